The van der Waals surface area contributed by atoms with Gasteiger partial charge in [0.1, 0.15) is 10.8 Å². The summed E-state index contributed by atoms with van der Waals surface area (Å²) >= 11 is 4.76. The van der Waals surface area contributed by atoms with Gasteiger partial charge in [-0.2, -0.15) is 0 Å². The van der Waals surface area contributed by atoms with Gasteiger partial charge in [0.15, 0.2) is 0 Å². The Kier molecular flexibility index (Phi) is 5.03. The fourth-order valence-corrected chi connectivity index (χ4v) is 2.81. The van der Waals surface area contributed by atoms with Crippen LogP contribution >= 0.6 is 12.2 Å². The number of nitrogens with two attached hydrogens (primary N) is 1. The Morgan fingerprint density at radius 2 is 2.17 bits per heavy atom. The van der Waals surface area contributed by atoms with Crippen LogP contribution in [0.2, 0.25) is 0 Å². The van der Waals surface area contributed by atoms with Crippen LogP contribution in [-0.4, -0.2) is 19.2 Å². The number of thiocarbonyl (C=S) groups is 1. The van der Waals surface area contributed by atoms with Gasteiger partial charge in [0, 0.05) is 5.56 Å². The molecule has 0 heterocycles. The third-order valence-corrected chi connectivity index (χ3v) is 3.86. The van der Waals surface area contributed by atoms with E-state index in [1.54, 1.807) is 0 Å². The molecule has 0 atom stereocenters. The largest absolute Gasteiger partial charge is 0.389 e. The summed E-state index contributed by atoms with van der Waals surface area (Å²) < 4.78 is 38.9. The van der Waals surface area contributed by atoms with E-state index >= 15 is 0 Å². The summed E-state index contributed by atoms with van der Waals surface area (Å²) in [5, 5.41) is 0. The monoisotopic (exact) mass is 290 g/mol. The molecule has 0 aliphatic rings. The van der Waals surface area contributed by atoms with Crippen molar-refractivity contribution in [3.05, 3.63) is 29.6 Å². The average Bonchev–Trinajstić information content (AvgIpc) is 2.28. The second-order valence-electron chi connectivity index (χ2n) is 3.83. The van der Waals surface area contributed by atoms with Gasteiger partial charge < -0.3 is 5.73 Å². The van der Waals surface area contributed by atoms with Crippen molar-refractivity contribution in [2.24, 2.45) is 5.73 Å². The molecule has 1 aromatic carbocycles. The summed E-state index contributed by atoms with van der Waals surface area (Å²) in [4.78, 5) is -0.0531. The van der Waals surface area contributed by atoms with Gasteiger partial charge in [-0.15, -0.1) is 0 Å². The molecular weight excluding hydrogens is 275 g/mol. The van der Waals surface area contributed by atoms with Crippen molar-refractivity contribution in [1.82, 2.24) is 0 Å². The molecule has 0 amide bonds. The lowest BCUT2D eigenvalue weighted by Crippen LogP contribution is -2.20. The van der Waals surface area contributed by atoms with Crippen LogP contribution < -0.4 is 10.5 Å². The molecule has 0 aliphatic heterocycles. The first-order chi connectivity index (χ1) is 8.35. The minimum absolute atomic E-state index is 0.0116. The summed E-state index contributed by atoms with van der Waals surface area (Å²) in [5.41, 5.74) is 5.83. The maximum Gasteiger partial charge on any atom is 0.232 e. The van der Waals surface area contributed by atoms with Crippen molar-refractivity contribution in [2.75, 3.05) is 10.5 Å². The number of hydrogen-bond acceptors (Lipinski definition) is 3. The second kappa shape index (κ2) is 6.10. The second-order valence-corrected chi connectivity index (χ2v) is 6.11. The zero-order chi connectivity index (χ0) is 13.8. The van der Waals surface area contributed by atoms with E-state index in [-0.39, 0.29) is 22.0 Å². The maximum atomic E-state index is 13.1. The van der Waals surface area contributed by atoms with E-state index in [0.29, 0.717) is 6.42 Å². The van der Waals surface area contributed by atoms with Gasteiger partial charge in [-0.05, 0) is 24.6 Å². The highest BCUT2D eigenvalue weighted by Crippen LogP contribution is 2.18. The minimum Gasteiger partial charge on any atom is -0.389 e. The molecule has 4 nitrogen and oxygen atoms in total. The first-order valence-corrected chi connectivity index (χ1v) is 7.51. The summed E-state index contributed by atoms with van der Waals surface area (Å²) in [5.74, 6) is -0.508. The number of sulfonamides is 1. The Hall–Kier alpha value is -1.21. The lowest BCUT2D eigenvalue weighted by atomic mass is 10.2. The zero-order valence-corrected chi connectivity index (χ0v) is 11.6. The molecule has 18 heavy (non-hydrogen) atoms. The zero-order valence-electron chi connectivity index (χ0n) is 9.94. The molecule has 0 fully saturated rings. The molecule has 1 rings (SSSR count). The molecule has 0 saturated heterocycles. The summed E-state index contributed by atoms with van der Waals surface area (Å²) in [7, 11) is -3.45. The predicted molar refractivity (Wildman–Crippen MR) is 74.6 cm³/mol. The third-order valence-electron chi connectivity index (χ3n) is 2.28. The molecule has 0 unspecified atom stereocenters. The van der Waals surface area contributed by atoms with Crippen molar-refractivity contribution in [2.45, 2.75) is 19.8 Å². The van der Waals surface area contributed by atoms with Crippen molar-refractivity contribution < 1.29 is 12.8 Å². The highest BCUT2D eigenvalue weighted by Gasteiger charge is 2.14. The molecule has 7 heteroatoms. The summed E-state index contributed by atoms with van der Waals surface area (Å²) in [6, 6.07) is 3.58. The molecule has 0 bridgehead atoms. The van der Waals surface area contributed by atoms with Crippen LogP contribution in [0.3, 0.4) is 0 Å². The lowest BCUT2D eigenvalue weighted by molar-refractivity contribution is 0.597. The van der Waals surface area contributed by atoms with Crippen molar-refractivity contribution >= 4 is 32.9 Å². The fourth-order valence-electron chi connectivity index (χ4n) is 1.36. The minimum atomic E-state index is -3.45. The smallest absolute Gasteiger partial charge is 0.232 e. The highest BCUT2D eigenvalue weighted by molar-refractivity contribution is 7.92. The quantitative estimate of drug-likeness (QED) is 0.786. The van der Waals surface area contributed by atoms with Crippen LogP contribution in [0.5, 0.6) is 0 Å². The first kappa shape index (κ1) is 14.8. The number of anilines is 1. The highest BCUT2D eigenvalue weighted by atomic mass is 32.2. The number of benzene rings is 1. The van der Waals surface area contributed by atoms with Gasteiger partial charge in [0.2, 0.25) is 10.0 Å². The van der Waals surface area contributed by atoms with Crippen LogP contribution in [0.4, 0.5) is 10.1 Å². The van der Waals surface area contributed by atoms with E-state index in [2.05, 4.69) is 4.72 Å². The molecule has 3 N–H and O–H groups in total. The molecule has 0 aromatic heterocycles. The molecule has 0 spiro atoms. The normalized spacial score (nSPS) is 11.2. The fraction of sp³-hybridized carbons (Fsp3) is 0.364. The number of halogens is 1. The van der Waals surface area contributed by atoms with Crippen LogP contribution in [-0.2, 0) is 10.0 Å². The Bertz CT molecular complexity index is 544. The van der Waals surface area contributed by atoms with Gasteiger partial charge in [0.05, 0.1) is 11.4 Å². The van der Waals surface area contributed by atoms with E-state index in [0.717, 1.165) is 18.6 Å². The van der Waals surface area contributed by atoms with Crippen LogP contribution in [0.15, 0.2) is 18.2 Å². The standard InChI is InChI=1S/C11H15FN2O2S2/c1-2-3-6-18(15,16)14-10-5-4-8(12)7-9(10)11(13)17/h4-5,7,14H,2-3,6H2,1H3,(H2,13,17). The van der Waals surface area contributed by atoms with E-state index in [9.17, 15) is 12.8 Å². The van der Waals surface area contributed by atoms with E-state index in [4.69, 9.17) is 18.0 Å². The lowest BCUT2D eigenvalue weighted by Gasteiger charge is -2.11. The Morgan fingerprint density at radius 3 is 2.72 bits per heavy atom. The Morgan fingerprint density at radius 1 is 1.50 bits per heavy atom. The van der Waals surface area contributed by atoms with Gasteiger partial charge >= 0.3 is 0 Å². The van der Waals surface area contributed by atoms with Gasteiger partial charge in [-0.25, -0.2) is 12.8 Å². The molecular formula is C11H15FN2O2S2. The number of hydrogen-bond donors (Lipinski definition) is 2. The molecule has 0 saturated carbocycles. The molecule has 0 radical (unpaired) electrons. The Balaban J connectivity index is 3.01. The molecule has 0 aliphatic carbocycles. The number of rotatable bonds is 6. The van der Waals surface area contributed by atoms with Crippen LogP contribution in [0, 0.1) is 5.82 Å². The van der Waals surface area contributed by atoms with Crippen LogP contribution in [0.1, 0.15) is 25.3 Å². The van der Waals surface area contributed by atoms with E-state index in [1.165, 1.54) is 6.07 Å². The SMILES string of the molecule is CCCCS(=O)(=O)Nc1ccc(F)cc1C(N)=S. The topological polar surface area (TPSA) is 72.2 Å². The predicted octanol–water partition coefficient (Wildman–Crippen LogP) is 2.00. The average molecular weight is 290 g/mol. The summed E-state index contributed by atoms with van der Waals surface area (Å²) in [6.07, 6.45) is 1.32. The molecule has 100 valence electrons. The van der Waals surface area contributed by atoms with Crippen LogP contribution in [0.25, 0.3) is 0 Å². The van der Waals surface area contributed by atoms with E-state index < -0.39 is 15.8 Å². The van der Waals surface area contributed by atoms with Gasteiger partial charge in [-0.3, -0.25) is 4.72 Å². The first-order valence-electron chi connectivity index (χ1n) is 5.45. The number of unbranched alkanes of at least 4 members (excludes halogenated alkanes) is 1. The van der Waals surface area contributed by atoms with E-state index in [1.807, 2.05) is 6.92 Å². The molecule has 1 aromatic rings. The summed E-state index contributed by atoms with van der Waals surface area (Å²) in [6.45, 7) is 1.90. The maximum absolute atomic E-state index is 13.1. The van der Waals surface area contributed by atoms with Crippen molar-refractivity contribution in [3.63, 3.8) is 0 Å². The van der Waals surface area contributed by atoms with Crippen molar-refractivity contribution in [1.29, 1.82) is 0 Å². The van der Waals surface area contributed by atoms with Crippen molar-refractivity contribution in [3.8, 4) is 0 Å². The third kappa shape index (κ3) is 4.23. The Labute approximate surface area is 111 Å². The number of nitrogens with one attached hydrogen (secondary N) is 1. The van der Waals surface area contributed by atoms with Gasteiger partial charge in [0.25, 0.3) is 0 Å². The van der Waals surface area contributed by atoms with Gasteiger partial charge in [-0.1, -0.05) is 25.6 Å².